The SMILES string of the molecule is Brc1cc(Br)c2c(c1)oc1ccc(-c3ccc4c5ccccc5n(-c5ccccc5)c4c3)cc12. The Morgan fingerprint density at radius 3 is 2.18 bits per heavy atom. The predicted octanol–water partition coefficient (Wildman–Crippen LogP) is 9.88. The van der Waals surface area contributed by atoms with Gasteiger partial charge in [-0.05, 0) is 75.6 Å². The van der Waals surface area contributed by atoms with Crippen LogP contribution in [0.25, 0.3) is 60.6 Å². The molecule has 0 bridgehead atoms. The molecule has 2 aromatic heterocycles. The maximum absolute atomic E-state index is 6.13. The molecule has 0 spiro atoms. The highest BCUT2D eigenvalue weighted by Crippen LogP contribution is 2.39. The topological polar surface area (TPSA) is 18.1 Å². The van der Waals surface area contributed by atoms with Gasteiger partial charge in [0.2, 0.25) is 0 Å². The third-order valence-corrected chi connectivity index (χ3v) is 7.59. The fourth-order valence-corrected chi connectivity index (χ4v) is 6.41. The van der Waals surface area contributed by atoms with Crippen molar-refractivity contribution in [1.29, 1.82) is 0 Å². The molecule has 4 heteroatoms. The first kappa shape index (κ1) is 20.1. The van der Waals surface area contributed by atoms with Gasteiger partial charge < -0.3 is 8.98 Å². The molecule has 0 saturated heterocycles. The van der Waals surface area contributed by atoms with Crippen molar-refractivity contribution in [2.75, 3.05) is 0 Å². The molecule has 2 nitrogen and oxygen atoms in total. The summed E-state index contributed by atoms with van der Waals surface area (Å²) in [5.74, 6) is 0. The number of nitrogens with zero attached hydrogens (tertiary/aromatic N) is 1. The van der Waals surface area contributed by atoms with Crippen LogP contribution < -0.4 is 0 Å². The molecule has 7 aromatic rings. The number of para-hydroxylation sites is 2. The van der Waals surface area contributed by atoms with Gasteiger partial charge in [-0.1, -0.05) is 70.5 Å². The Labute approximate surface area is 212 Å². The number of aromatic nitrogens is 1. The van der Waals surface area contributed by atoms with Crippen molar-refractivity contribution in [3.8, 4) is 16.8 Å². The lowest BCUT2D eigenvalue weighted by atomic mass is 10.0. The standard InChI is InChI=1S/C30H17Br2NO/c31-20-16-25(32)30-24-14-18(11-13-28(24)34-29(30)17-20)19-10-12-23-22-8-4-5-9-26(22)33(27(23)15-19)21-6-2-1-3-7-21/h1-17H. The molecule has 0 aliphatic carbocycles. The average Bonchev–Trinajstić information content (AvgIpc) is 3.39. The monoisotopic (exact) mass is 565 g/mol. The van der Waals surface area contributed by atoms with E-state index in [0.29, 0.717) is 0 Å². The van der Waals surface area contributed by atoms with Crippen LogP contribution in [0.1, 0.15) is 0 Å². The van der Waals surface area contributed by atoms with E-state index in [2.05, 4.69) is 133 Å². The minimum atomic E-state index is 0.869. The van der Waals surface area contributed by atoms with Crippen LogP contribution in [0.3, 0.4) is 0 Å². The van der Waals surface area contributed by atoms with E-state index in [0.717, 1.165) is 42.1 Å². The van der Waals surface area contributed by atoms with Gasteiger partial charge in [0.25, 0.3) is 0 Å². The second-order valence-electron chi connectivity index (χ2n) is 8.49. The predicted molar refractivity (Wildman–Crippen MR) is 149 cm³/mol. The van der Waals surface area contributed by atoms with Crippen molar-refractivity contribution in [2.45, 2.75) is 0 Å². The van der Waals surface area contributed by atoms with E-state index >= 15 is 0 Å². The molecule has 2 heterocycles. The second kappa shape index (κ2) is 7.59. The maximum atomic E-state index is 6.13. The molecule has 5 aromatic carbocycles. The van der Waals surface area contributed by atoms with Gasteiger partial charge in [0.05, 0.1) is 11.0 Å². The zero-order valence-electron chi connectivity index (χ0n) is 17.9. The lowest BCUT2D eigenvalue weighted by Gasteiger charge is -2.09. The highest BCUT2D eigenvalue weighted by atomic mass is 79.9. The third kappa shape index (κ3) is 2.99. The Hall–Kier alpha value is -3.34. The summed E-state index contributed by atoms with van der Waals surface area (Å²) >= 11 is 7.29. The summed E-state index contributed by atoms with van der Waals surface area (Å²) in [5, 5.41) is 4.72. The number of hydrogen-bond acceptors (Lipinski definition) is 1. The molecular weight excluding hydrogens is 550 g/mol. The summed E-state index contributed by atoms with van der Waals surface area (Å²) in [7, 11) is 0. The number of rotatable bonds is 2. The summed E-state index contributed by atoms with van der Waals surface area (Å²) in [6.07, 6.45) is 0. The largest absolute Gasteiger partial charge is 0.456 e. The smallest absolute Gasteiger partial charge is 0.137 e. The van der Waals surface area contributed by atoms with E-state index in [-0.39, 0.29) is 0 Å². The maximum Gasteiger partial charge on any atom is 0.137 e. The Balaban J connectivity index is 1.50. The van der Waals surface area contributed by atoms with Crippen LogP contribution in [0, 0.1) is 0 Å². The lowest BCUT2D eigenvalue weighted by molar-refractivity contribution is 0.668. The van der Waals surface area contributed by atoms with E-state index in [1.807, 2.05) is 6.07 Å². The normalized spacial score (nSPS) is 11.8. The van der Waals surface area contributed by atoms with Crippen molar-refractivity contribution < 1.29 is 4.42 Å². The highest BCUT2D eigenvalue weighted by molar-refractivity contribution is 9.11. The quantitative estimate of drug-likeness (QED) is 0.203. The van der Waals surface area contributed by atoms with Crippen LogP contribution >= 0.6 is 31.9 Å². The zero-order valence-corrected chi connectivity index (χ0v) is 21.1. The fraction of sp³-hybridized carbons (Fsp3) is 0. The molecule has 34 heavy (non-hydrogen) atoms. The van der Waals surface area contributed by atoms with E-state index in [1.165, 1.54) is 27.4 Å². The summed E-state index contributed by atoms with van der Waals surface area (Å²) in [6.45, 7) is 0. The second-order valence-corrected chi connectivity index (χ2v) is 10.3. The zero-order chi connectivity index (χ0) is 22.8. The van der Waals surface area contributed by atoms with Crippen LogP contribution in [-0.4, -0.2) is 4.57 Å². The van der Waals surface area contributed by atoms with Gasteiger partial charge in [-0.3, -0.25) is 0 Å². The molecule has 0 aliphatic heterocycles. The van der Waals surface area contributed by atoms with Crippen molar-refractivity contribution in [1.82, 2.24) is 4.57 Å². The molecule has 0 fully saturated rings. The summed E-state index contributed by atoms with van der Waals surface area (Å²) in [6, 6.07) is 36.5. The first-order valence-electron chi connectivity index (χ1n) is 11.1. The lowest BCUT2D eigenvalue weighted by Crippen LogP contribution is -1.93. The number of fused-ring (bicyclic) bond motifs is 6. The Kier molecular flexibility index (Phi) is 4.48. The van der Waals surface area contributed by atoms with Crippen LogP contribution in [0.4, 0.5) is 0 Å². The number of benzene rings is 5. The van der Waals surface area contributed by atoms with Gasteiger partial charge in [-0.2, -0.15) is 0 Å². The molecule has 0 unspecified atom stereocenters. The molecule has 0 radical (unpaired) electrons. The van der Waals surface area contributed by atoms with Crippen molar-refractivity contribution in [2.24, 2.45) is 0 Å². The van der Waals surface area contributed by atoms with Gasteiger partial charge in [0, 0.05) is 36.2 Å². The van der Waals surface area contributed by atoms with E-state index < -0.39 is 0 Å². The van der Waals surface area contributed by atoms with Crippen LogP contribution in [0.15, 0.2) is 116 Å². The summed E-state index contributed by atoms with van der Waals surface area (Å²) in [5.41, 5.74) is 7.68. The molecule has 0 saturated carbocycles. The van der Waals surface area contributed by atoms with Gasteiger partial charge in [-0.15, -0.1) is 0 Å². The number of furan rings is 1. The molecule has 0 amide bonds. The first-order chi connectivity index (χ1) is 16.7. The van der Waals surface area contributed by atoms with Crippen LogP contribution in [-0.2, 0) is 0 Å². The van der Waals surface area contributed by atoms with Gasteiger partial charge in [0.1, 0.15) is 11.2 Å². The van der Waals surface area contributed by atoms with Crippen molar-refractivity contribution >= 4 is 75.6 Å². The third-order valence-electron chi connectivity index (χ3n) is 6.51. The highest BCUT2D eigenvalue weighted by Gasteiger charge is 2.15. The molecule has 162 valence electrons. The van der Waals surface area contributed by atoms with E-state index in [4.69, 9.17) is 4.42 Å². The molecule has 0 N–H and O–H groups in total. The average molecular weight is 567 g/mol. The molecule has 7 rings (SSSR count). The minimum Gasteiger partial charge on any atom is -0.456 e. The fourth-order valence-electron chi connectivity index (χ4n) is 5.01. The summed E-state index contributed by atoms with van der Waals surface area (Å²) in [4.78, 5) is 0. The molecule has 0 aliphatic rings. The number of hydrogen-bond donors (Lipinski definition) is 0. The summed E-state index contributed by atoms with van der Waals surface area (Å²) < 4.78 is 10.5. The van der Waals surface area contributed by atoms with E-state index in [1.54, 1.807) is 0 Å². The van der Waals surface area contributed by atoms with Gasteiger partial charge in [0.15, 0.2) is 0 Å². The van der Waals surface area contributed by atoms with Crippen molar-refractivity contribution in [3.05, 3.63) is 112 Å². The van der Waals surface area contributed by atoms with Gasteiger partial charge >= 0.3 is 0 Å². The van der Waals surface area contributed by atoms with Crippen LogP contribution in [0.2, 0.25) is 0 Å². The first-order valence-corrected chi connectivity index (χ1v) is 12.7. The minimum absolute atomic E-state index is 0.869. The number of halogens is 2. The molecular formula is C30H17Br2NO. The Morgan fingerprint density at radius 2 is 1.29 bits per heavy atom. The van der Waals surface area contributed by atoms with E-state index in [9.17, 15) is 0 Å². The molecule has 0 atom stereocenters. The van der Waals surface area contributed by atoms with Crippen molar-refractivity contribution in [3.63, 3.8) is 0 Å². The Morgan fingerprint density at radius 1 is 0.559 bits per heavy atom. The Bertz CT molecular complexity index is 1880. The van der Waals surface area contributed by atoms with Gasteiger partial charge in [-0.25, -0.2) is 0 Å². The van der Waals surface area contributed by atoms with Crippen LogP contribution in [0.5, 0.6) is 0 Å².